The van der Waals surface area contributed by atoms with E-state index in [0.29, 0.717) is 24.5 Å². The SMILES string of the molecule is CC(C)(C)OC(=O)N1CC[C@@H](C2=CC3=NC(N)NCC3C=C2Cl)[C@H](O)C1. The zero-order valence-corrected chi connectivity index (χ0v) is 16.2. The largest absolute Gasteiger partial charge is 0.444 e. The van der Waals surface area contributed by atoms with Gasteiger partial charge in [-0.2, -0.15) is 0 Å². The van der Waals surface area contributed by atoms with Crippen molar-refractivity contribution in [1.29, 1.82) is 0 Å². The van der Waals surface area contributed by atoms with E-state index in [-0.39, 0.29) is 18.4 Å². The number of aliphatic imine (C=N–C) groups is 1. The van der Waals surface area contributed by atoms with Crippen molar-refractivity contribution in [3.8, 4) is 0 Å². The summed E-state index contributed by atoms with van der Waals surface area (Å²) >= 11 is 6.49. The summed E-state index contributed by atoms with van der Waals surface area (Å²) in [6.07, 6.45) is 2.99. The van der Waals surface area contributed by atoms with Crippen LogP contribution in [0.4, 0.5) is 4.79 Å². The van der Waals surface area contributed by atoms with Crippen LogP contribution >= 0.6 is 11.6 Å². The molecule has 2 heterocycles. The van der Waals surface area contributed by atoms with Crippen LogP contribution in [0.2, 0.25) is 0 Å². The smallest absolute Gasteiger partial charge is 0.410 e. The number of rotatable bonds is 1. The molecule has 3 rings (SSSR count). The van der Waals surface area contributed by atoms with Crippen LogP contribution in [-0.4, -0.2) is 59.4 Å². The van der Waals surface area contributed by atoms with E-state index in [1.807, 2.05) is 32.9 Å². The number of fused-ring (bicyclic) bond motifs is 1. The van der Waals surface area contributed by atoms with Crippen molar-refractivity contribution in [2.75, 3.05) is 19.6 Å². The maximum atomic E-state index is 12.2. The monoisotopic (exact) mass is 382 g/mol. The lowest BCUT2D eigenvalue weighted by atomic mass is 9.81. The number of hydrogen-bond donors (Lipinski definition) is 3. The number of ether oxygens (including phenoxy) is 1. The second-order valence-electron chi connectivity index (χ2n) is 8.02. The standard InChI is InChI=1S/C18H27ClN4O3/c1-18(2,3)26-17(25)23-5-4-11(15(24)9-23)12-7-14-10(6-13(12)19)8-21-16(20)22-14/h6-7,10-11,15-16,21,24H,4-5,8-9,20H2,1-3H3/t10?,11-,15+,16?/m0/s1. The number of nitrogens with one attached hydrogen (secondary N) is 1. The predicted octanol–water partition coefficient (Wildman–Crippen LogP) is 1.57. The van der Waals surface area contributed by atoms with Crippen molar-refractivity contribution >= 4 is 23.4 Å². The highest BCUT2D eigenvalue weighted by molar-refractivity contribution is 6.33. The molecule has 0 radical (unpaired) electrons. The zero-order chi connectivity index (χ0) is 19.1. The fourth-order valence-corrected chi connectivity index (χ4v) is 3.86. The molecule has 0 saturated carbocycles. The van der Waals surface area contributed by atoms with Gasteiger partial charge in [0.05, 0.1) is 12.6 Å². The molecule has 0 aromatic heterocycles. The van der Waals surface area contributed by atoms with Crippen molar-refractivity contribution < 1.29 is 14.6 Å². The highest BCUT2D eigenvalue weighted by Gasteiger charge is 2.37. The van der Waals surface area contributed by atoms with Gasteiger partial charge in [-0.3, -0.25) is 16.0 Å². The summed E-state index contributed by atoms with van der Waals surface area (Å²) in [5.41, 5.74) is 7.04. The van der Waals surface area contributed by atoms with Gasteiger partial charge < -0.3 is 14.7 Å². The summed E-state index contributed by atoms with van der Waals surface area (Å²) in [5.74, 6) is -0.0442. The molecular formula is C18H27ClN4O3. The number of amides is 1. The Labute approximate surface area is 158 Å². The minimum Gasteiger partial charge on any atom is -0.444 e. The fraction of sp³-hybridized carbons (Fsp3) is 0.667. The first-order valence-electron chi connectivity index (χ1n) is 8.96. The van der Waals surface area contributed by atoms with Gasteiger partial charge in [-0.1, -0.05) is 17.7 Å². The average molecular weight is 383 g/mol. The van der Waals surface area contributed by atoms with Crippen LogP contribution in [0, 0.1) is 11.8 Å². The minimum atomic E-state index is -0.711. The molecule has 1 aliphatic carbocycles. The van der Waals surface area contributed by atoms with E-state index >= 15 is 0 Å². The molecule has 4 atom stereocenters. The van der Waals surface area contributed by atoms with Crippen molar-refractivity contribution in [1.82, 2.24) is 10.2 Å². The van der Waals surface area contributed by atoms with E-state index in [1.54, 1.807) is 4.90 Å². The quantitative estimate of drug-likeness (QED) is 0.639. The number of nitrogens with two attached hydrogens (primary N) is 1. The first kappa shape index (κ1) is 19.4. The van der Waals surface area contributed by atoms with E-state index in [9.17, 15) is 9.90 Å². The number of piperidine rings is 1. The van der Waals surface area contributed by atoms with Crippen LogP contribution in [0.1, 0.15) is 27.2 Å². The third-order valence-electron chi connectivity index (χ3n) is 4.77. The summed E-state index contributed by atoms with van der Waals surface area (Å²) in [7, 11) is 0. The molecule has 7 nitrogen and oxygen atoms in total. The normalized spacial score (nSPS) is 32.2. The second-order valence-corrected chi connectivity index (χ2v) is 8.42. The number of nitrogens with zero attached hydrogens (tertiary/aromatic N) is 2. The molecule has 3 aliphatic rings. The molecular weight excluding hydrogens is 356 g/mol. The molecule has 1 amide bonds. The molecule has 0 aromatic carbocycles. The maximum Gasteiger partial charge on any atom is 0.410 e. The van der Waals surface area contributed by atoms with Gasteiger partial charge in [-0.15, -0.1) is 0 Å². The first-order chi connectivity index (χ1) is 12.1. The number of aliphatic hydroxyl groups excluding tert-OH is 1. The summed E-state index contributed by atoms with van der Waals surface area (Å²) in [4.78, 5) is 18.2. The number of allylic oxidation sites excluding steroid dienone is 2. The number of β-amino-alcohol motifs (C(OH)–C–C–N with tert-alkyl or cyclic N) is 1. The molecule has 2 aliphatic heterocycles. The van der Waals surface area contributed by atoms with Crippen LogP contribution in [0.15, 0.2) is 27.7 Å². The van der Waals surface area contributed by atoms with Crippen molar-refractivity contribution in [2.24, 2.45) is 22.6 Å². The molecule has 144 valence electrons. The number of halogens is 1. The molecule has 4 N–H and O–H groups in total. The fourth-order valence-electron chi connectivity index (χ4n) is 3.51. The van der Waals surface area contributed by atoms with E-state index in [1.165, 1.54) is 0 Å². The number of aliphatic hydroxyl groups is 1. The molecule has 0 aromatic rings. The number of carbonyl (C=O) groups excluding carboxylic acids is 1. The lowest BCUT2D eigenvalue weighted by Crippen LogP contribution is -2.49. The maximum absolute atomic E-state index is 12.2. The van der Waals surface area contributed by atoms with Gasteiger partial charge in [-0.25, -0.2) is 4.79 Å². The van der Waals surface area contributed by atoms with Crippen LogP contribution in [0.25, 0.3) is 0 Å². The second kappa shape index (κ2) is 7.31. The van der Waals surface area contributed by atoms with E-state index < -0.39 is 24.1 Å². The highest BCUT2D eigenvalue weighted by atomic mass is 35.5. The Morgan fingerprint density at radius 1 is 1.50 bits per heavy atom. The summed E-state index contributed by atoms with van der Waals surface area (Å²) in [5, 5.41) is 14.4. The van der Waals surface area contributed by atoms with Gasteiger partial charge in [0.15, 0.2) is 6.29 Å². The lowest BCUT2D eigenvalue weighted by molar-refractivity contribution is -0.00656. The summed E-state index contributed by atoms with van der Waals surface area (Å²) in [6, 6.07) is 0. The Bertz CT molecular complexity index is 668. The predicted molar refractivity (Wildman–Crippen MR) is 101 cm³/mol. The van der Waals surface area contributed by atoms with Crippen LogP contribution < -0.4 is 11.1 Å². The Balaban J connectivity index is 1.71. The van der Waals surface area contributed by atoms with Crippen LogP contribution in [0.3, 0.4) is 0 Å². The van der Waals surface area contributed by atoms with E-state index in [0.717, 1.165) is 11.3 Å². The van der Waals surface area contributed by atoms with E-state index in [4.69, 9.17) is 22.1 Å². The van der Waals surface area contributed by atoms with Crippen molar-refractivity contribution in [3.63, 3.8) is 0 Å². The Kier molecular flexibility index (Phi) is 5.44. The molecule has 26 heavy (non-hydrogen) atoms. The molecule has 2 unspecified atom stereocenters. The molecule has 8 heteroatoms. The lowest BCUT2D eigenvalue weighted by Gasteiger charge is -2.39. The van der Waals surface area contributed by atoms with Crippen molar-refractivity contribution in [2.45, 2.75) is 45.2 Å². The Morgan fingerprint density at radius 2 is 2.23 bits per heavy atom. The molecule has 1 fully saturated rings. The van der Waals surface area contributed by atoms with Crippen molar-refractivity contribution in [3.05, 3.63) is 22.8 Å². The Hall–Kier alpha value is -1.41. The molecule has 0 bridgehead atoms. The number of carbonyl (C=O) groups is 1. The third-order valence-corrected chi connectivity index (χ3v) is 5.12. The van der Waals surface area contributed by atoms with Gasteiger partial charge in [0.1, 0.15) is 5.60 Å². The summed E-state index contributed by atoms with van der Waals surface area (Å²) in [6.45, 7) is 6.90. The van der Waals surface area contributed by atoms with Crippen LogP contribution in [0.5, 0.6) is 0 Å². The Morgan fingerprint density at radius 3 is 2.88 bits per heavy atom. The van der Waals surface area contributed by atoms with Gasteiger partial charge >= 0.3 is 6.09 Å². The first-order valence-corrected chi connectivity index (χ1v) is 9.34. The number of hydrogen-bond acceptors (Lipinski definition) is 6. The van der Waals surface area contributed by atoms with Gasteiger partial charge in [-0.05, 0) is 38.8 Å². The highest BCUT2D eigenvalue weighted by Crippen LogP contribution is 2.36. The average Bonchev–Trinajstić information content (AvgIpc) is 2.53. The van der Waals surface area contributed by atoms with Gasteiger partial charge in [0.2, 0.25) is 0 Å². The molecule has 1 saturated heterocycles. The zero-order valence-electron chi connectivity index (χ0n) is 15.4. The van der Waals surface area contributed by atoms with Crippen LogP contribution in [-0.2, 0) is 4.74 Å². The van der Waals surface area contributed by atoms with E-state index in [2.05, 4.69) is 10.3 Å². The molecule has 0 spiro atoms. The number of likely N-dealkylation sites (tertiary alicyclic amines) is 1. The minimum absolute atomic E-state index is 0.102. The van der Waals surface area contributed by atoms with Gasteiger partial charge in [0.25, 0.3) is 0 Å². The topological polar surface area (TPSA) is 100 Å². The van der Waals surface area contributed by atoms with Gasteiger partial charge in [0, 0.05) is 35.7 Å². The summed E-state index contributed by atoms with van der Waals surface area (Å²) < 4.78 is 5.39. The third kappa shape index (κ3) is 4.28.